The molecule has 10 heteroatoms. The lowest BCUT2D eigenvalue weighted by molar-refractivity contribution is -0.119. The van der Waals surface area contributed by atoms with Crippen LogP contribution in [0, 0.1) is 0 Å². The molecule has 2 aromatic rings. The van der Waals surface area contributed by atoms with Crippen LogP contribution in [0.5, 0.6) is 0 Å². The molecule has 0 radical (unpaired) electrons. The van der Waals surface area contributed by atoms with Gasteiger partial charge >= 0.3 is 5.97 Å². The largest absolute Gasteiger partial charge is 0.451 e. The molecule has 0 saturated carbocycles. The fraction of sp³-hybridized carbons (Fsp3) is 0.250. The highest BCUT2D eigenvalue weighted by Crippen LogP contribution is 2.38. The lowest BCUT2D eigenvalue weighted by atomic mass is 10.1. The summed E-state index contributed by atoms with van der Waals surface area (Å²) in [6.07, 6.45) is 2.57. The number of ether oxygens (including phenoxy) is 1. The number of pyridine rings is 1. The molecule has 0 unspecified atom stereocenters. The highest BCUT2D eigenvalue weighted by molar-refractivity contribution is 7.17. The van der Waals surface area contributed by atoms with Gasteiger partial charge in [-0.3, -0.25) is 9.59 Å². The average molecular weight is 414 g/mol. The number of aromatic nitrogens is 1. The Kier molecular flexibility index (Phi) is 5.45. The SMILES string of the molecule is NC(=O)c1c(NC(=O)COC(=O)c2nc(Cl)ccc2Cl)sc2c1CCC2. The number of carbonyl (C=O) groups is 3. The molecule has 2 aromatic heterocycles. The summed E-state index contributed by atoms with van der Waals surface area (Å²) < 4.78 is 4.91. The molecule has 0 atom stereocenters. The van der Waals surface area contributed by atoms with E-state index in [-0.39, 0.29) is 15.9 Å². The number of esters is 1. The minimum absolute atomic E-state index is 0.0607. The molecular formula is C16H13Cl2N3O4S. The van der Waals surface area contributed by atoms with Gasteiger partial charge in [0.15, 0.2) is 12.3 Å². The van der Waals surface area contributed by atoms with E-state index < -0.39 is 24.4 Å². The van der Waals surface area contributed by atoms with Crippen LogP contribution < -0.4 is 11.1 Å². The quantitative estimate of drug-likeness (QED) is 0.577. The van der Waals surface area contributed by atoms with Crippen molar-refractivity contribution in [1.82, 2.24) is 4.98 Å². The van der Waals surface area contributed by atoms with Crippen molar-refractivity contribution in [3.05, 3.63) is 44.0 Å². The average Bonchev–Trinajstić information content (AvgIpc) is 3.15. The summed E-state index contributed by atoms with van der Waals surface area (Å²) >= 11 is 12.9. The van der Waals surface area contributed by atoms with Crippen LogP contribution in [0.15, 0.2) is 12.1 Å². The molecule has 0 saturated heterocycles. The van der Waals surface area contributed by atoms with Gasteiger partial charge in [-0.05, 0) is 37.0 Å². The maximum absolute atomic E-state index is 12.1. The van der Waals surface area contributed by atoms with Crippen molar-refractivity contribution in [3.63, 3.8) is 0 Å². The number of hydrogen-bond donors (Lipinski definition) is 2. The van der Waals surface area contributed by atoms with E-state index in [4.69, 9.17) is 33.7 Å². The zero-order valence-corrected chi connectivity index (χ0v) is 15.6. The topological polar surface area (TPSA) is 111 Å². The van der Waals surface area contributed by atoms with Gasteiger partial charge in [0.1, 0.15) is 10.2 Å². The van der Waals surface area contributed by atoms with E-state index >= 15 is 0 Å². The molecule has 0 bridgehead atoms. The van der Waals surface area contributed by atoms with Crippen molar-refractivity contribution >= 4 is 57.3 Å². The Hall–Kier alpha value is -2.16. The number of fused-ring (bicyclic) bond motifs is 1. The lowest BCUT2D eigenvalue weighted by Crippen LogP contribution is -2.23. The Bertz CT molecular complexity index is 913. The number of nitrogens with one attached hydrogen (secondary N) is 1. The second-order valence-electron chi connectivity index (χ2n) is 5.51. The molecule has 26 heavy (non-hydrogen) atoms. The third-order valence-corrected chi connectivity index (χ3v) is 5.48. The fourth-order valence-electron chi connectivity index (χ4n) is 2.68. The predicted molar refractivity (Wildman–Crippen MR) is 98.0 cm³/mol. The Morgan fingerprint density at radius 2 is 2.04 bits per heavy atom. The standard InChI is InChI=1S/C16H13Cl2N3O4S/c17-8-4-5-10(18)20-13(8)16(24)25-6-11(22)21-15-12(14(19)23)7-2-1-3-9(7)26-15/h4-5H,1-3,6H2,(H2,19,23)(H,21,22). The maximum atomic E-state index is 12.1. The third-order valence-electron chi connectivity index (χ3n) is 3.76. The molecule has 3 N–H and O–H groups in total. The molecule has 0 spiro atoms. The number of nitrogens with two attached hydrogens (primary N) is 1. The molecule has 0 aliphatic heterocycles. The predicted octanol–water partition coefficient (Wildman–Crippen LogP) is 2.83. The Balaban J connectivity index is 1.66. The number of halogens is 2. The molecular weight excluding hydrogens is 401 g/mol. The van der Waals surface area contributed by atoms with E-state index in [1.807, 2.05) is 0 Å². The molecule has 0 fully saturated rings. The number of aryl methyl sites for hydroxylation is 1. The molecule has 0 aromatic carbocycles. The van der Waals surface area contributed by atoms with Crippen LogP contribution in [0.3, 0.4) is 0 Å². The van der Waals surface area contributed by atoms with E-state index in [9.17, 15) is 14.4 Å². The van der Waals surface area contributed by atoms with Crippen molar-refractivity contribution in [1.29, 1.82) is 0 Å². The Morgan fingerprint density at radius 3 is 2.77 bits per heavy atom. The number of nitrogens with zero attached hydrogens (tertiary/aromatic N) is 1. The first kappa shape index (κ1) is 18.6. The molecule has 3 rings (SSSR count). The number of hydrogen-bond acceptors (Lipinski definition) is 6. The van der Waals surface area contributed by atoms with Gasteiger partial charge in [0.05, 0.1) is 10.6 Å². The van der Waals surface area contributed by atoms with Crippen LogP contribution >= 0.6 is 34.5 Å². The van der Waals surface area contributed by atoms with E-state index in [1.54, 1.807) is 0 Å². The van der Waals surface area contributed by atoms with Gasteiger partial charge in [0, 0.05) is 4.88 Å². The van der Waals surface area contributed by atoms with Crippen LogP contribution in [0.2, 0.25) is 10.2 Å². The summed E-state index contributed by atoms with van der Waals surface area (Å²) in [5.74, 6) is -2.07. The summed E-state index contributed by atoms with van der Waals surface area (Å²) in [5.41, 5.74) is 6.48. The van der Waals surface area contributed by atoms with E-state index in [2.05, 4.69) is 10.3 Å². The summed E-state index contributed by atoms with van der Waals surface area (Å²) in [5, 5.41) is 3.09. The van der Waals surface area contributed by atoms with Crippen LogP contribution in [0.25, 0.3) is 0 Å². The van der Waals surface area contributed by atoms with Crippen molar-refractivity contribution in [3.8, 4) is 0 Å². The highest BCUT2D eigenvalue weighted by atomic mass is 35.5. The van der Waals surface area contributed by atoms with E-state index in [0.717, 1.165) is 29.7 Å². The molecule has 136 valence electrons. The minimum atomic E-state index is -0.878. The first-order valence-corrected chi connectivity index (χ1v) is 9.17. The van der Waals surface area contributed by atoms with Crippen LogP contribution in [-0.4, -0.2) is 29.4 Å². The summed E-state index contributed by atoms with van der Waals surface area (Å²) in [6, 6.07) is 2.83. The molecule has 2 heterocycles. The van der Waals surface area contributed by atoms with Crippen LogP contribution in [0.4, 0.5) is 5.00 Å². The van der Waals surface area contributed by atoms with E-state index in [0.29, 0.717) is 10.6 Å². The highest BCUT2D eigenvalue weighted by Gasteiger charge is 2.26. The fourth-order valence-corrected chi connectivity index (χ4v) is 4.32. The van der Waals surface area contributed by atoms with Gasteiger partial charge in [0.2, 0.25) is 0 Å². The summed E-state index contributed by atoms with van der Waals surface area (Å²) in [4.78, 5) is 40.6. The van der Waals surface area contributed by atoms with Gasteiger partial charge < -0.3 is 15.8 Å². The van der Waals surface area contributed by atoms with Gasteiger partial charge in [-0.15, -0.1) is 11.3 Å². The zero-order valence-electron chi connectivity index (χ0n) is 13.3. The van der Waals surface area contributed by atoms with Crippen molar-refractivity contribution < 1.29 is 19.1 Å². The monoisotopic (exact) mass is 413 g/mol. The van der Waals surface area contributed by atoms with Gasteiger partial charge in [0.25, 0.3) is 11.8 Å². The van der Waals surface area contributed by atoms with Crippen molar-refractivity contribution in [2.75, 3.05) is 11.9 Å². The molecule has 1 aliphatic rings. The van der Waals surface area contributed by atoms with Gasteiger partial charge in [-0.25, -0.2) is 9.78 Å². The Morgan fingerprint density at radius 1 is 1.27 bits per heavy atom. The second kappa shape index (κ2) is 7.61. The zero-order chi connectivity index (χ0) is 18.8. The number of rotatable bonds is 5. The van der Waals surface area contributed by atoms with Gasteiger partial charge in [-0.2, -0.15) is 0 Å². The van der Waals surface area contributed by atoms with Crippen LogP contribution in [0.1, 0.15) is 37.7 Å². The smallest absolute Gasteiger partial charge is 0.359 e. The number of anilines is 1. The minimum Gasteiger partial charge on any atom is -0.451 e. The number of primary amides is 1. The first-order valence-electron chi connectivity index (χ1n) is 7.60. The lowest BCUT2D eigenvalue weighted by Gasteiger charge is -2.07. The molecule has 2 amide bonds. The second-order valence-corrected chi connectivity index (χ2v) is 7.41. The molecule has 1 aliphatic carbocycles. The number of carbonyl (C=O) groups excluding carboxylic acids is 3. The summed E-state index contributed by atoms with van der Waals surface area (Å²) in [7, 11) is 0. The number of thiophene rings is 1. The summed E-state index contributed by atoms with van der Waals surface area (Å²) in [6.45, 7) is -0.565. The maximum Gasteiger partial charge on any atom is 0.359 e. The third kappa shape index (κ3) is 3.82. The van der Waals surface area contributed by atoms with Gasteiger partial charge in [-0.1, -0.05) is 23.2 Å². The van der Waals surface area contributed by atoms with Crippen molar-refractivity contribution in [2.24, 2.45) is 5.73 Å². The normalized spacial score (nSPS) is 12.5. The van der Waals surface area contributed by atoms with E-state index in [1.165, 1.54) is 23.5 Å². The van der Waals surface area contributed by atoms with Crippen molar-refractivity contribution in [2.45, 2.75) is 19.3 Å². The van der Waals surface area contributed by atoms with Crippen LogP contribution in [-0.2, 0) is 22.4 Å². The number of amides is 2. The first-order chi connectivity index (χ1) is 12.4. The Labute approximate surface area is 162 Å². The molecule has 7 nitrogen and oxygen atoms in total.